The van der Waals surface area contributed by atoms with Gasteiger partial charge in [-0.1, -0.05) is 34.8 Å². The molecule has 1 heterocycles. The van der Waals surface area contributed by atoms with Crippen molar-refractivity contribution >= 4 is 59.6 Å². The zero-order chi connectivity index (χ0) is 12.4. The highest BCUT2D eigenvalue weighted by Crippen LogP contribution is 2.37. The Kier molecular flexibility index (Phi) is 9.06. The van der Waals surface area contributed by atoms with E-state index in [2.05, 4.69) is 17.1 Å². The van der Waals surface area contributed by atoms with Crippen molar-refractivity contribution in [3.05, 3.63) is 32.8 Å². The number of benzene rings is 1. The van der Waals surface area contributed by atoms with E-state index < -0.39 is 0 Å². The van der Waals surface area contributed by atoms with Gasteiger partial charge in [0.15, 0.2) is 0 Å². The summed E-state index contributed by atoms with van der Waals surface area (Å²) in [6, 6.07) is 3.74. The second-order valence-corrected chi connectivity index (χ2v) is 5.41. The maximum Gasteiger partial charge on any atom is 0.0654 e. The summed E-state index contributed by atoms with van der Waals surface area (Å²) in [6.45, 7) is 6.12. The largest absolute Gasteiger partial charge is 0.314 e. The molecule has 110 valence electrons. The van der Waals surface area contributed by atoms with Crippen LogP contribution in [0.4, 0.5) is 0 Å². The molecule has 2 rings (SSSR count). The zero-order valence-electron chi connectivity index (χ0n) is 10.5. The lowest BCUT2D eigenvalue weighted by atomic mass is 10.1. The van der Waals surface area contributed by atoms with E-state index in [1.165, 1.54) is 0 Å². The Morgan fingerprint density at radius 3 is 2.16 bits per heavy atom. The van der Waals surface area contributed by atoms with Crippen molar-refractivity contribution in [3.63, 3.8) is 0 Å². The van der Waals surface area contributed by atoms with Crippen LogP contribution in [0.3, 0.4) is 0 Å². The first-order chi connectivity index (χ1) is 8.11. The Balaban J connectivity index is 0.00000162. The van der Waals surface area contributed by atoms with E-state index in [4.69, 9.17) is 34.8 Å². The maximum atomic E-state index is 6.25. The van der Waals surface area contributed by atoms with Crippen LogP contribution in [0.25, 0.3) is 0 Å². The van der Waals surface area contributed by atoms with Gasteiger partial charge in [0.1, 0.15) is 0 Å². The molecule has 7 heteroatoms. The highest BCUT2D eigenvalue weighted by atomic mass is 35.5. The number of nitrogens with one attached hydrogen (secondary N) is 1. The summed E-state index contributed by atoms with van der Waals surface area (Å²) in [5.41, 5.74) is 0.933. The summed E-state index contributed by atoms with van der Waals surface area (Å²) >= 11 is 18.5. The minimum absolute atomic E-state index is 0. The van der Waals surface area contributed by atoms with Crippen LogP contribution in [0.1, 0.15) is 18.5 Å². The van der Waals surface area contributed by atoms with E-state index in [0.29, 0.717) is 15.1 Å². The van der Waals surface area contributed by atoms with Crippen molar-refractivity contribution in [2.24, 2.45) is 0 Å². The van der Waals surface area contributed by atoms with Crippen molar-refractivity contribution in [3.8, 4) is 0 Å². The first-order valence-corrected chi connectivity index (χ1v) is 6.83. The molecule has 2 nitrogen and oxygen atoms in total. The molecule has 0 aliphatic carbocycles. The number of nitrogens with zero attached hydrogens (tertiary/aromatic N) is 1. The molecule has 1 aliphatic heterocycles. The van der Waals surface area contributed by atoms with Gasteiger partial charge in [0.25, 0.3) is 0 Å². The van der Waals surface area contributed by atoms with Crippen molar-refractivity contribution in [2.75, 3.05) is 26.2 Å². The Morgan fingerprint density at radius 2 is 1.58 bits per heavy atom. The van der Waals surface area contributed by atoms with E-state index in [9.17, 15) is 0 Å². The van der Waals surface area contributed by atoms with E-state index in [-0.39, 0.29) is 30.9 Å². The summed E-state index contributed by atoms with van der Waals surface area (Å²) in [7, 11) is 0. The van der Waals surface area contributed by atoms with Crippen LogP contribution in [0.2, 0.25) is 15.1 Å². The van der Waals surface area contributed by atoms with Gasteiger partial charge in [0.2, 0.25) is 0 Å². The molecule has 1 aromatic rings. The van der Waals surface area contributed by atoms with Gasteiger partial charge < -0.3 is 5.32 Å². The average molecular weight is 367 g/mol. The molecule has 0 amide bonds. The van der Waals surface area contributed by atoms with Crippen molar-refractivity contribution < 1.29 is 0 Å². The Bertz CT molecular complexity index is 407. The molecule has 1 aromatic carbocycles. The number of hydrogen-bond acceptors (Lipinski definition) is 2. The van der Waals surface area contributed by atoms with E-state index in [1.807, 2.05) is 6.07 Å². The van der Waals surface area contributed by atoms with Crippen molar-refractivity contribution in [1.29, 1.82) is 0 Å². The molecule has 1 aliphatic rings. The predicted molar refractivity (Wildman–Crippen MR) is 88.8 cm³/mol. The molecule has 1 saturated heterocycles. The first-order valence-electron chi connectivity index (χ1n) is 5.69. The van der Waals surface area contributed by atoms with Gasteiger partial charge in [-0.25, -0.2) is 0 Å². The molecule has 19 heavy (non-hydrogen) atoms. The maximum absolute atomic E-state index is 6.25. The zero-order valence-corrected chi connectivity index (χ0v) is 14.4. The smallest absolute Gasteiger partial charge is 0.0654 e. The van der Waals surface area contributed by atoms with Gasteiger partial charge in [-0.3, -0.25) is 4.90 Å². The standard InChI is InChI=1S/C12H15Cl3N2.2ClH/c1-8(17-6-4-16-5-7-17)11-9(13)2-3-10(14)12(11)15;;/h2-3,8,16H,4-7H2,1H3;2*1H/t8-;;/m1../s1. The molecule has 1 fully saturated rings. The summed E-state index contributed by atoms with van der Waals surface area (Å²) in [5.74, 6) is 0. The molecule has 0 bridgehead atoms. The second kappa shape index (κ2) is 8.78. The molecule has 0 saturated carbocycles. The minimum atomic E-state index is 0. The molecule has 0 unspecified atom stereocenters. The number of halogens is 5. The molecule has 0 aromatic heterocycles. The van der Waals surface area contributed by atoms with Crippen LogP contribution >= 0.6 is 59.6 Å². The van der Waals surface area contributed by atoms with Crippen LogP contribution in [0.5, 0.6) is 0 Å². The Hall–Kier alpha value is 0.590. The molecule has 1 atom stereocenters. The number of rotatable bonds is 2. The fourth-order valence-corrected chi connectivity index (χ4v) is 3.03. The van der Waals surface area contributed by atoms with Crippen molar-refractivity contribution in [2.45, 2.75) is 13.0 Å². The van der Waals surface area contributed by atoms with Gasteiger partial charge in [0.05, 0.1) is 10.0 Å². The topological polar surface area (TPSA) is 15.3 Å². The highest BCUT2D eigenvalue weighted by molar-refractivity contribution is 6.44. The molecule has 0 spiro atoms. The number of hydrogen-bond donors (Lipinski definition) is 1. The average Bonchev–Trinajstić information content (AvgIpc) is 2.35. The van der Waals surface area contributed by atoms with Crippen LogP contribution in [-0.4, -0.2) is 31.1 Å². The molecular formula is C12H17Cl5N2. The quantitative estimate of drug-likeness (QED) is 0.778. The van der Waals surface area contributed by atoms with Crippen molar-refractivity contribution in [1.82, 2.24) is 10.2 Å². The highest BCUT2D eigenvalue weighted by Gasteiger charge is 2.23. The Labute approximate surface area is 141 Å². The second-order valence-electron chi connectivity index (χ2n) is 4.22. The van der Waals surface area contributed by atoms with Gasteiger partial charge >= 0.3 is 0 Å². The minimum Gasteiger partial charge on any atom is -0.314 e. The predicted octanol–water partition coefficient (Wildman–Crippen LogP) is 4.46. The normalized spacial score (nSPS) is 17.3. The third kappa shape index (κ3) is 4.53. The van der Waals surface area contributed by atoms with Crippen LogP contribution < -0.4 is 5.32 Å². The van der Waals surface area contributed by atoms with E-state index in [0.717, 1.165) is 31.7 Å². The fourth-order valence-electron chi connectivity index (χ4n) is 2.18. The van der Waals surface area contributed by atoms with Crippen LogP contribution in [0, 0.1) is 0 Å². The lowest BCUT2D eigenvalue weighted by Crippen LogP contribution is -2.44. The van der Waals surface area contributed by atoms with Crippen LogP contribution in [0.15, 0.2) is 12.1 Å². The molecule has 1 N–H and O–H groups in total. The summed E-state index contributed by atoms with van der Waals surface area (Å²) in [5, 5.41) is 5.15. The first kappa shape index (κ1) is 19.6. The van der Waals surface area contributed by atoms with E-state index >= 15 is 0 Å². The summed E-state index contributed by atoms with van der Waals surface area (Å²) < 4.78 is 0. The fraction of sp³-hybridized carbons (Fsp3) is 0.500. The molecular weight excluding hydrogens is 349 g/mol. The van der Waals surface area contributed by atoms with Gasteiger partial charge in [-0.15, -0.1) is 24.8 Å². The third-order valence-electron chi connectivity index (χ3n) is 3.20. The summed E-state index contributed by atoms with van der Waals surface area (Å²) in [6.07, 6.45) is 0. The summed E-state index contributed by atoms with van der Waals surface area (Å²) in [4.78, 5) is 2.36. The van der Waals surface area contributed by atoms with Crippen LogP contribution in [-0.2, 0) is 0 Å². The lowest BCUT2D eigenvalue weighted by molar-refractivity contribution is 0.185. The van der Waals surface area contributed by atoms with Gasteiger partial charge in [0, 0.05) is 42.8 Å². The Morgan fingerprint density at radius 1 is 1.05 bits per heavy atom. The monoisotopic (exact) mass is 364 g/mol. The molecule has 0 radical (unpaired) electrons. The van der Waals surface area contributed by atoms with E-state index in [1.54, 1.807) is 6.07 Å². The van der Waals surface area contributed by atoms with Gasteiger partial charge in [-0.2, -0.15) is 0 Å². The van der Waals surface area contributed by atoms with Gasteiger partial charge in [-0.05, 0) is 19.1 Å². The lowest BCUT2D eigenvalue weighted by Gasteiger charge is -2.33. The SMILES string of the molecule is C[C@H](c1c(Cl)ccc(Cl)c1Cl)N1CCNCC1.Cl.Cl. The third-order valence-corrected chi connectivity index (χ3v) is 4.35. The number of piperazine rings is 1.